The highest BCUT2D eigenvalue weighted by atomic mass is 16.2. The maximum atomic E-state index is 12.5. The number of pyridine rings is 2. The van der Waals surface area contributed by atoms with E-state index in [-0.39, 0.29) is 12.5 Å². The fourth-order valence-corrected chi connectivity index (χ4v) is 2.92. The molecule has 0 bridgehead atoms. The van der Waals surface area contributed by atoms with Crippen LogP contribution in [0.1, 0.15) is 11.5 Å². The van der Waals surface area contributed by atoms with Crippen molar-refractivity contribution in [2.24, 2.45) is 0 Å². The Morgan fingerprint density at radius 2 is 1.86 bits per heavy atom. The largest absolute Gasteiger partial charge is 0.325 e. The summed E-state index contributed by atoms with van der Waals surface area (Å²) >= 11 is 0. The monoisotopic (exact) mass is 385 g/mol. The van der Waals surface area contributed by atoms with Crippen LogP contribution in [0.5, 0.6) is 0 Å². The van der Waals surface area contributed by atoms with Crippen LogP contribution in [0.15, 0.2) is 61.4 Å². The van der Waals surface area contributed by atoms with E-state index in [0.717, 1.165) is 34.0 Å². The summed E-state index contributed by atoms with van der Waals surface area (Å²) in [5.41, 5.74) is 4.27. The number of anilines is 1. The van der Waals surface area contributed by atoms with Crippen LogP contribution in [0.25, 0.3) is 22.5 Å². The number of carbonyl (C=O) groups is 1. The summed E-state index contributed by atoms with van der Waals surface area (Å²) in [7, 11) is 0. The molecule has 1 amide bonds. The highest BCUT2D eigenvalue weighted by Gasteiger charge is 2.11. The molecule has 4 aromatic heterocycles. The van der Waals surface area contributed by atoms with E-state index in [4.69, 9.17) is 0 Å². The third-order valence-corrected chi connectivity index (χ3v) is 4.37. The van der Waals surface area contributed by atoms with Gasteiger partial charge in [-0.15, -0.1) is 0 Å². The average Bonchev–Trinajstić information content (AvgIpc) is 3.09. The minimum absolute atomic E-state index is 0.149. The number of nitrogens with zero attached hydrogens (tertiary/aromatic N) is 6. The number of amides is 1. The zero-order valence-electron chi connectivity index (χ0n) is 16.1. The van der Waals surface area contributed by atoms with Crippen LogP contribution in [-0.4, -0.2) is 35.4 Å². The molecule has 4 rings (SSSR count). The van der Waals surface area contributed by atoms with Gasteiger partial charge in [-0.3, -0.25) is 19.7 Å². The van der Waals surface area contributed by atoms with E-state index in [1.54, 1.807) is 37.1 Å². The smallest absolute Gasteiger partial charge is 0.245 e. The number of aryl methyl sites for hydroxylation is 2. The molecule has 144 valence electrons. The number of imidazole rings is 1. The molecule has 0 saturated heterocycles. The number of hydrogen-bond acceptors (Lipinski definition) is 6. The van der Waals surface area contributed by atoms with Crippen molar-refractivity contribution in [2.45, 2.75) is 20.4 Å². The fraction of sp³-hybridized carbons (Fsp3) is 0.143. The SMILES string of the molecule is Cc1cc(-c2cn(CC(=O)Nc3ccc(-c4cnccn4)cn3)c(C)n2)ccn1. The van der Waals surface area contributed by atoms with E-state index in [2.05, 4.69) is 30.2 Å². The Hall–Kier alpha value is -3.94. The number of hydrogen-bond donors (Lipinski definition) is 1. The Bertz CT molecular complexity index is 1140. The van der Waals surface area contributed by atoms with Crippen molar-refractivity contribution >= 4 is 11.7 Å². The van der Waals surface area contributed by atoms with E-state index in [1.165, 1.54) is 0 Å². The van der Waals surface area contributed by atoms with Gasteiger partial charge < -0.3 is 9.88 Å². The zero-order chi connectivity index (χ0) is 20.2. The van der Waals surface area contributed by atoms with Crippen molar-refractivity contribution in [2.75, 3.05) is 5.32 Å². The Labute approximate surface area is 167 Å². The normalized spacial score (nSPS) is 10.7. The summed E-state index contributed by atoms with van der Waals surface area (Å²) in [6.07, 6.45) is 10.2. The van der Waals surface area contributed by atoms with E-state index < -0.39 is 0 Å². The van der Waals surface area contributed by atoms with E-state index in [9.17, 15) is 4.79 Å². The second kappa shape index (κ2) is 7.97. The van der Waals surface area contributed by atoms with Crippen molar-refractivity contribution in [1.82, 2.24) is 29.5 Å². The van der Waals surface area contributed by atoms with Gasteiger partial charge in [-0.25, -0.2) is 9.97 Å². The number of rotatable bonds is 5. The van der Waals surface area contributed by atoms with Crippen molar-refractivity contribution in [1.29, 1.82) is 0 Å². The molecule has 1 N–H and O–H groups in total. The lowest BCUT2D eigenvalue weighted by atomic mass is 10.2. The molecule has 0 spiro atoms. The van der Waals surface area contributed by atoms with Gasteiger partial charge in [0, 0.05) is 47.8 Å². The molecule has 0 saturated carbocycles. The highest BCUT2D eigenvalue weighted by Crippen LogP contribution is 2.19. The molecule has 0 fully saturated rings. The molecule has 8 heteroatoms. The van der Waals surface area contributed by atoms with Crippen molar-refractivity contribution in [3.05, 3.63) is 73.0 Å². The summed E-state index contributed by atoms with van der Waals surface area (Å²) in [5, 5.41) is 2.81. The standard InChI is InChI=1S/C21H19N7O/c1-14-9-16(5-6-23-14)19-12-28(15(2)26-19)13-21(29)27-20-4-3-17(10-25-20)18-11-22-7-8-24-18/h3-12H,13H2,1-2H3,(H,25,27,29). The predicted molar refractivity (Wildman–Crippen MR) is 109 cm³/mol. The minimum atomic E-state index is -0.178. The van der Waals surface area contributed by atoms with Gasteiger partial charge in [-0.2, -0.15) is 0 Å². The summed E-state index contributed by atoms with van der Waals surface area (Å²) < 4.78 is 1.81. The third-order valence-electron chi connectivity index (χ3n) is 4.37. The third kappa shape index (κ3) is 4.32. The van der Waals surface area contributed by atoms with Crippen molar-refractivity contribution in [3.8, 4) is 22.5 Å². The highest BCUT2D eigenvalue weighted by molar-refractivity contribution is 5.89. The lowest BCUT2D eigenvalue weighted by Gasteiger charge is -2.07. The molecule has 29 heavy (non-hydrogen) atoms. The van der Waals surface area contributed by atoms with Crippen LogP contribution in [0.2, 0.25) is 0 Å². The van der Waals surface area contributed by atoms with Crippen LogP contribution in [-0.2, 0) is 11.3 Å². The molecule has 0 unspecified atom stereocenters. The van der Waals surface area contributed by atoms with Crippen LogP contribution in [0.4, 0.5) is 5.82 Å². The fourth-order valence-electron chi connectivity index (χ4n) is 2.92. The van der Waals surface area contributed by atoms with E-state index in [0.29, 0.717) is 5.82 Å². The van der Waals surface area contributed by atoms with Crippen molar-refractivity contribution in [3.63, 3.8) is 0 Å². The second-order valence-electron chi connectivity index (χ2n) is 6.56. The molecule has 0 aliphatic carbocycles. The lowest BCUT2D eigenvalue weighted by molar-refractivity contribution is -0.116. The van der Waals surface area contributed by atoms with Crippen LogP contribution in [0, 0.1) is 13.8 Å². The van der Waals surface area contributed by atoms with Crippen molar-refractivity contribution < 1.29 is 4.79 Å². The summed E-state index contributed by atoms with van der Waals surface area (Å²) in [4.78, 5) is 33.8. The predicted octanol–water partition coefficient (Wildman–Crippen LogP) is 3.05. The Kier molecular flexibility index (Phi) is 5.07. The maximum Gasteiger partial charge on any atom is 0.245 e. The van der Waals surface area contributed by atoms with E-state index in [1.807, 2.05) is 42.8 Å². The summed E-state index contributed by atoms with van der Waals surface area (Å²) in [6, 6.07) is 7.46. The molecule has 0 aliphatic rings. The van der Waals surface area contributed by atoms with E-state index >= 15 is 0 Å². The summed E-state index contributed by atoms with van der Waals surface area (Å²) in [6.45, 7) is 3.96. The zero-order valence-corrected chi connectivity index (χ0v) is 16.1. The molecule has 4 aromatic rings. The first-order valence-corrected chi connectivity index (χ1v) is 9.07. The second-order valence-corrected chi connectivity index (χ2v) is 6.56. The van der Waals surface area contributed by atoms with Gasteiger partial charge in [0.05, 0.1) is 17.6 Å². The van der Waals surface area contributed by atoms with Gasteiger partial charge in [0.25, 0.3) is 0 Å². The first-order chi connectivity index (χ1) is 14.1. The van der Waals surface area contributed by atoms with Gasteiger partial charge in [0.2, 0.25) is 5.91 Å². The number of nitrogens with one attached hydrogen (secondary N) is 1. The maximum absolute atomic E-state index is 12.5. The average molecular weight is 385 g/mol. The van der Waals surface area contributed by atoms with Gasteiger partial charge in [-0.05, 0) is 38.1 Å². The molecule has 0 aliphatic heterocycles. The molecule has 0 aromatic carbocycles. The van der Waals surface area contributed by atoms with Gasteiger partial charge in [-0.1, -0.05) is 0 Å². The molecule has 8 nitrogen and oxygen atoms in total. The first-order valence-electron chi connectivity index (χ1n) is 9.07. The molecule has 0 atom stereocenters. The van der Waals surface area contributed by atoms with Crippen LogP contribution >= 0.6 is 0 Å². The summed E-state index contributed by atoms with van der Waals surface area (Å²) in [5.74, 6) is 1.06. The quantitative estimate of drug-likeness (QED) is 0.567. The first kappa shape index (κ1) is 18.4. The minimum Gasteiger partial charge on any atom is -0.325 e. The molecule has 0 radical (unpaired) electrons. The van der Waals surface area contributed by atoms with Gasteiger partial charge in [0.15, 0.2) is 0 Å². The molecular formula is C21H19N7O. The Morgan fingerprint density at radius 1 is 0.966 bits per heavy atom. The number of carbonyl (C=O) groups excluding carboxylic acids is 1. The molecule has 4 heterocycles. The Morgan fingerprint density at radius 3 is 2.59 bits per heavy atom. The van der Waals surface area contributed by atoms with Crippen LogP contribution < -0.4 is 5.32 Å². The molecular weight excluding hydrogens is 366 g/mol. The van der Waals surface area contributed by atoms with Gasteiger partial charge in [0.1, 0.15) is 18.2 Å². The number of aromatic nitrogens is 6. The topological polar surface area (TPSA) is 98.5 Å². The van der Waals surface area contributed by atoms with Gasteiger partial charge >= 0.3 is 0 Å². The Balaban J connectivity index is 1.44. The lowest BCUT2D eigenvalue weighted by Crippen LogP contribution is -2.19. The van der Waals surface area contributed by atoms with Crippen LogP contribution in [0.3, 0.4) is 0 Å².